The molecular formula is C12H16O4. The van der Waals surface area contributed by atoms with Gasteiger partial charge in [0, 0.05) is 0 Å². The Morgan fingerprint density at radius 3 is 2.44 bits per heavy atom. The van der Waals surface area contributed by atoms with Gasteiger partial charge in [0.1, 0.15) is 11.2 Å². The molecule has 4 nitrogen and oxygen atoms in total. The fourth-order valence-electron chi connectivity index (χ4n) is 1.08. The molecular weight excluding hydrogens is 208 g/mol. The molecule has 4 heteroatoms. The predicted octanol–water partition coefficient (Wildman–Crippen LogP) is 0.971. The van der Waals surface area contributed by atoms with E-state index in [1.807, 2.05) is 0 Å². The fourth-order valence-corrected chi connectivity index (χ4v) is 1.08. The number of hydrogen-bond acceptors (Lipinski definition) is 4. The van der Waals surface area contributed by atoms with Crippen molar-refractivity contribution in [3.63, 3.8) is 0 Å². The lowest BCUT2D eigenvalue weighted by molar-refractivity contribution is -0.154. The van der Waals surface area contributed by atoms with Gasteiger partial charge in [-0.1, -0.05) is 18.2 Å². The summed E-state index contributed by atoms with van der Waals surface area (Å²) < 4.78 is 5.07. The zero-order chi connectivity index (χ0) is 12.2. The van der Waals surface area contributed by atoms with Gasteiger partial charge in [0.15, 0.2) is 0 Å². The third kappa shape index (κ3) is 2.59. The van der Waals surface area contributed by atoms with E-state index in [1.54, 1.807) is 30.3 Å². The molecule has 2 atom stereocenters. The molecule has 0 saturated heterocycles. The Morgan fingerprint density at radius 1 is 1.44 bits per heavy atom. The zero-order valence-electron chi connectivity index (χ0n) is 9.38. The maximum absolute atomic E-state index is 11.8. The first kappa shape index (κ1) is 12.7. The second-order valence-electron chi connectivity index (χ2n) is 3.95. The molecule has 1 aromatic carbocycles. The fraction of sp³-hybridized carbons (Fsp3) is 0.417. The number of carbonyl (C=O) groups excluding carboxylic acids is 1. The number of para-hydroxylation sites is 1. The van der Waals surface area contributed by atoms with Crippen LogP contribution in [-0.2, 0) is 4.79 Å². The summed E-state index contributed by atoms with van der Waals surface area (Å²) >= 11 is 0. The minimum atomic E-state index is -1.30. The SMILES string of the molecule is CC(O)C(C)(CO)C(=O)Oc1ccccc1. The van der Waals surface area contributed by atoms with Gasteiger partial charge in [-0.3, -0.25) is 4.79 Å². The largest absolute Gasteiger partial charge is 0.426 e. The Balaban J connectivity index is 2.79. The van der Waals surface area contributed by atoms with Crippen molar-refractivity contribution in [3.8, 4) is 5.75 Å². The monoisotopic (exact) mass is 224 g/mol. The number of hydrogen-bond donors (Lipinski definition) is 2. The zero-order valence-corrected chi connectivity index (χ0v) is 9.38. The molecule has 88 valence electrons. The number of ether oxygens (including phenoxy) is 1. The second kappa shape index (κ2) is 5.09. The van der Waals surface area contributed by atoms with E-state index in [-0.39, 0.29) is 0 Å². The van der Waals surface area contributed by atoms with E-state index in [0.717, 1.165) is 0 Å². The average Bonchev–Trinajstić information content (AvgIpc) is 2.28. The van der Waals surface area contributed by atoms with Crippen molar-refractivity contribution >= 4 is 5.97 Å². The number of benzene rings is 1. The van der Waals surface area contributed by atoms with Crippen molar-refractivity contribution in [1.82, 2.24) is 0 Å². The van der Waals surface area contributed by atoms with E-state index in [0.29, 0.717) is 5.75 Å². The lowest BCUT2D eigenvalue weighted by atomic mass is 9.86. The summed E-state index contributed by atoms with van der Waals surface area (Å²) in [5.41, 5.74) is -1.30. The Kier molecular flexibility index (Phi) is 4.04. The van der Waals surface area contributed by atoms with E-state index in [1.165, 1.54) is 13.8 Å². The molecule has 0 amide bonds. The molecule has 16 heavy (non-hydrogen) atoms. The van der Waals surface area contributed by atoms with Gasteiger partial charge in [0.2, 0.25) is 0 Å². The van der Waals surface area contributed by atoms with Gasteiger partial charge in [-0.15, -0.1) is 0 Å². The summed E-state index contributed by atoms with van der Waals surface area (Å²) in [4.78, 5) is 11.8. The summed E-state index contributed by atoms with van der Waals surface area (Å²) in [6, 6.07) is 8.55. The summed E-state index contributed by atoms with van der Waals surface area (Å²) in [6.45, 7) is 2.45. The molecule has 0 aromatic heterocycles. The Morgan fingerprint density at radius 2 is 2.00 bits per heavy atom. The highest BCUT2D eigenvalue weighted by atomic mass is 16.5. The first-order valence-electron chi connectivity index (χ1n) is 5.07. The van der Waals surface area contributed by atoms with Crippen LogP contribution >= 0.6 is 0 Å². The molecule has 0 heterocycles. The smallest absolute Gasteiger partial charge is 0.322 e. The van der Waals surface area contributed by atoms with Gasteiger partial charge in [-0.05, 0) is 26.0 Å². The van der Waals surface area contributed by atoms with E-state index in [9.17, 15) is 9.90 Å². The maximum atomic E-state index is 11.8. The molecule has 1 aromatic rings. The third-order valence-electron chi connectivity index (χ3n) is 2.67. The van der Waals surface area contributed by atoms with Crippen LogP contribution in [0.3, 0.4) is 0 Å². The standard InChI is InChI=1S/C12H16O4/c1-9(14)12(2,8-13)11(15)16-10-6-4-3-5-7-10/h3-7,9,13-14H,8H2,1-2H3. The summed E-state index contributed by atoms with van der Waals surface area (Å²) in [5, 5.41) is 18.6. The molecule has 0 aliphatic rings. The quantitative estimate of drug-likeness (QED) is 0.590. The molecule has 0 spiro atoms. The first-order chi connectivity index (χ1) is 7.50. The molecule has 0 saturated carbocycles. The summed E-state index contributed by atoms with van der Waals surface area (Å²) in [6.07, 6.45) is -0.978. The molecule has 0 aliphatic carbocycles. The first-order valence-corrected chi connectivity index (χ1v) is 5.07. The van der Waals surface area contributed by atoms with Crippen LogP contribution in [0.4, 0.5) is 0 Å². The Labute approximate surface area is 94.5 Å². The van der Waals surface area contributed by atoms with E-state index < -0.39 is 24.1 Å². The van der Waals surface area contributed by atoms with Crippen LogP contribution in [0, 0.1) is 5.41 Å². The lowest BCUT2D eigenvalue weighted by Gasteiger charge is -2.27. The second-order valence-corrected chi connectivity index (χ2v) is 3.95. The Hall–Kier alpha value is -1.39. The van der Waals surface area contributed by atoms with Crippen LogP contribution in [-0.4, -0.2) is 28.9 Å². The van der Waals surface area contributed by atoms with Crippen molar-refractivity contribution in [2.45, 2.75) is 20.0 Å². The normalized spacial score (nSPS) is 16.2. The van der Waals surface area contributed by atoms with Gasteiger partial charge < -0.3 is 14.9 Å². The van der Waals surface area contributed by atoms with Crippen LogP contribution < -0.4 is 4.74 Å². The van der Waals surface area contributed by atoms with Crippen molar-refractivity contribution in [3.05, 3.63) is 30.3 Å². The van der Waals surface area contributed by atoms with Crippen LogP contribution in [0.15, 0.2) is 30.3 Å². The number of rotatable bonds is 4. The summed E-state index contributed by atoms with van der Waals surface area (Å²) in [7, 11) is 0. The minimum Gasteiger partial charge on any atom is -0.426 e. The van der Waals surface area contributed by atoms with Gasteiger partial charge in [0.25, 0.3) is 0 Å². The lowest BCUT2D eigenvalue weighted by Crippen LogP contribution is -2.44. The number of esters is 1. The molecule has 0 fully saturated rings. The van der Waals surface area contributed by atoms with Crippen molar-refractivity contribution in [2.24, 2.45) is 5.41 Å². The minimum absolute atomic E-state index is 0.396. The van der Waals surface area contributed by atoms with Gasteiger partial charge in [-0.25, -0.2) is 0 Å². The van der Waals surface area contributed by atoms with Crippen LogP contribution in [0.1, 0.15) is 13.8 Å². The van der Waals surface area contributed by atoms with Crippen LogP contribution in [0.2, 0.25) is 0 Å². The highest BCUT2D eigenvalue weighted by Gasteiger charge is 2.39. The molecule has 0 bridgehead atoms. The summed E-state index contributed by atoms with van der Waals surface area (Å²) in [5.74, 6) is -0.246. The van der Waals surface area contributed by atoms with E-state index >= 15 is 0 Å². The van der Waals surface area contributed by atoms with Gasteiger partial charge in [-0.2, -0.15) is 0 Å². The Bertz CT molecular complexity index is 347. The van der Waals surface area contributed by atoms with Crippen molar-refractivity contribution < 1.29 is 19.7 Å². The van der Waals surface area contributed by atoms with Gasteiger partial charge in [0.05, 0.1) is 12.7 Å². The topological polar surface area (TPSA) is 66.8 Å². The average molecular weight is 224 g/mol. The molecule has 0 aliphatic heterocycles. The highest BCUT2D eigenvalue weighted by Crippen LogP contribution is 2.24. The van der Waals surface area contributed by atoms with E-state index in [4.69, 9.17) is 9.84 Å². The highest BCUT2D eigenvalue weighted by molar-refractivity contribution is 5.79. The molecule has 0 radical (unpaired) electrons. The third-order valence-corrected chi connectivity index (χ3v) is 2.67. The van der Waals surface area contributed by atoms with Crippen molar-refractivity contribution in [1.29, 1.82) is 0 Å². The number of aliphatic hydroxyl groups excluding tert-OH is 2. The van der Waals surface area contributed by atoms with Gasteiger partial charge >= 0.3 is 5.97 Å². The van der Waals surface area contributed by atoms with Crippen LogP contribution in [0.5, 0.6) is 5.75 Å². The molecule has 1 rings (SSSR count). The van der Waals surface area contributed by atoms with Crippen molar-refractivity contribution in [2.75, 3.05) is 6.61 Å². The molecule has 2 N–H and O–H groups in total. The predicted molar refractivity (Wildman–Crippen MR) is 59.0 cm³/mol. The maximum Gasteiger partial charge on any atom is 0.322 e. The van der Waals surface area contributed by atoms with Crippen LogP contribution in [0.25, 0.3) is 0 Å². The number of carbonyl (C=O) groups is 1. The number of aliphatic hydroxyl groups is 2. The van der Waals surface area contributed by atoms with E-state index in [2.05, 4.69) is 0 Å². The molecule has 2 unspecified atom stereocenters.